The third-order valence-electron chi connectivity index (χ3n) is 3.63. The van der Waals surface area contributed by atoms with Gasteiger partial charge < -0.3 is 15.8 Å². The molecule has 0 unspecified atom stereocenters. The molecular weight excluding hydrogens is 348 g/mol. The van der Waals surface area contributed by atoms with Crippen LogP contribution in [0.15, 0.2) is 47.6 Å². The number of benzene rings is 2. The minimum absolute atomic E-state index is 0.282. The number of hydrogen-bond acceptors (Lipinski definition) is 5. The Balaban J connectivity index is 1.95. The van der Waals surface area contributed by atoms with Crippen molar-refractivity contribution in [3.63, 3.8) is 0 Å². The van der Waals surface area contributed by atoms with Crippen LogP contribution in [0.3, 0.4) is 0 Å². The molecule has 27 heavy (non-hydrogen) atoms. The molecule has 0 aliphatic heterocycles. The number of aryl methyl sites for hydroxylation is 2. The number of amides is 3. The van der Waals surface area contributed by atoms with Gasteiger partial charge in [-0.25, -0.2) is 5.43 Å². The summed E-state index contributed by atoms with van der Waals surface area (Å²) in [7, 11) is 0. The molecule has 8 heteroatoms. The first-order valence-electron chi connectivity index (χ1n) is 8.08. The molecule has 140 valence electrons. The number of carbonyl (C=O) groups is 3. The average molecular weight is 368 g/mol. The molecule has 2 aromatic carbocycles. The molecular formula is C19H20N4O4. The Morgan fingerprint density at radius 3 is 2.52 bits per heavy atom. The molecule has 0 aromatic heterocycles. The maximum absolute atomic E-state index is 11.9. The van der Waals surface area contributed by atoms with Crippen molar-refractivity contribution in [2.45, 2.75) is 13.8 Å². The topological polar surface area (TPSA) is 123 Å². The normalized spacial score (nSPS) is 10.4. The lowest BCUT2D eigenvalue weighted by molar-refractivity contribution is -0.136. The van der Waals surface area contributed by atoms with Crippen LogP contribution in [0.4, 0.5) is 5.69 Å². The van der Waals surface area contributed by atoms with Crippen LogP contribution in [0.1, 0.15) is 16.7 Å². The molecule has 4 N–H and O–H groups in total. The fraction of sp³-hybridized carbons (Fsp3) is 0.158. The number of nitrogens with zero attached hydrogens (tertiary/aromatic N) is 1. The smallest absolute Gasteiger partial charge is 0.329 e. The second-order valence-electron chi connectivity index (χ2n) is 5.75. The van der Waals surface area contributed by atoms with Crippen molar-refractivity contribution in [2.24, 2.45) is 10.8 Å². The number of para-hydroxylation sites is 1. The lowest BCUT2D eigenvalue weighted by Gasteiger charge is -2.07. The quantitative estimate of drug-likeness (QED) is 0.403. The van der Waals surface area contributed by atoms with Gasteiger partial charge in [0.05, 0.1) is 6.21 Å². The van der Waals surface area contributed by atoms with Gasteiger partial charge >= 0.3 is 11.8 Å². The molecule has 0 aliphatic carbocycles. The van der Waals surface area contributed by atoms with E-state index in [-0.39, 0.29) is 6.61 Å². The van der Waals surface area contributed by atoms with Gasteiger partial charge in [-0.3, -0.25) is 14.4 Å². The molecule has 0 spiro atoms. The maximum atomic E-state index is 11.9. The minimum Gasteiger partial charge on any atom is -0.483 e. The van der Waals surface area contributed by atoms with Crippen LogP contribution in [-0.2, 0) is 14.4 Å². The molecule has 0 fully saturated rings. The molecule has 3 amide bonds. The third kappa shape index (κ3) is 5.96. The van der Waals surface area contributed by atoms with Gasteiger partial charge in [-0.15, -0.1) is 0 Å². The van der Waals surface area contributed by atoms with Gasteiger partial charge in [0.2, 0.25) is 0 Å². The number of primary amides is 1. The highest BCUT2D eigenvalue weighted by Gasteiger charge is 2.13. The van der Waals surface area contributed by atoms with Crippen molar-refractivity contribution in [1.82, 2.24) is 5.43 Å². The van der Waals surface area contributed by atoms with Gasteiger partial charge in [-0.2, -0.15) is 5.10 Å². The summed E-state index contributed by atoms with van der Waals surface area (Å²) < 4.78 is 5.25. The summed E-state index contributed by atoms with van der Waals surface area (Å²) in [4.78, 5) is 34.6. The van der Waals surface area contributed by atoms with E-state index in [4.69, 9.17) is 10.5 Å². The van der Waals surface area contributed by atoms with Crippen molar-refractivity contribution in [3.05, 3.63) is 59.2 Å². The highest BCUT2D eigenvalue weighted by molar-refractivity contribution is 6.39. The SMILES string of the molecule is Cc1ccc(NC(=O)C(=O)N/N=C\c2ccccc2OCC(N)=O)cc1C. The Morgan fingerprint density at radius 2 is 1.81 bits per heavy atom. The first kappa shape index (κ1) is 19.6. The zero-order valence-corrected chi connectivity index (χ0v) is 15.0. The number of carbonyl (C=O) groups excluding carboxylic acids is 3. The molecule has 0 radical (unpaired) electrons. The van der Waals surface area contributed by atoms with Crippen LogP contribution < -0.4 is 21.2 Å². The second-order valence-corrected chi connectivity index (χ2v) is 5.75. The Bertz CT molecular complexity index is 893. The zero-order chi connectivity index (χ0) is 19.8. The van der Waals surface area contributed by atoms with Crippen LogP contribution in [0.2, 0.25) is 0 Å². The van der Waals surface area contributed by atoms with Gasteiger partial charge in [0, 0.05) is 11.3 Å². The first-order valence-corrected chi connectivity index (χ1v) is 8.08. The molecule has 0 atom stereocenters. The minimum atomic E-state index is -0.917. The Hall–Kier alpha value is -3.68. The largest absolute Gasteiger partial charge is 0.483 e. The number of hydrazone groups is 1. The van der Waals surface area contributed by atoms with E-state index in [0.29, 0.717) is 17.0 Å². The number of rotatable bonds is 6. The fourth-order valence-corrected chi connectivity index (χ4v) is 2.09. The summed E-state index contributed by atoms with van der Waals surface area (Å²) in [6.45, 7) is 3.58. The maximum Gasteiger partial charge on any atom is 0.329 e. The highest BCUT2D eigenvalue weighted by Crippen LogP contribution is 2.16. The molecule has 0 saturated heterocycles. The van der Waals surface area contributed by atoms with Gasteiger partial charge in [0.15, 0.2) is 6.61 Å². The van der Waals surface area contributed by atoms with E-state index in [1.807, 2.05) is 19.9 Å². The summed E-state index contributed by atoms with van der Waals surface area (Å²) in [5.74, 6) is -2.00. The van der Waals surface area contributed by atoms with Crippen molar-refractivity contribution >= 4 is 29.6 Å². The van der Waals surface area contributed by atoms with E-state index < -0.39 is 17.7 Å². The van der Waals surface area contributed by atoms with E-state index in [1.54, 1.807) is 36.4 Å². The third-order valence-corrected chi connectivity index (χ3v) is 3.63. The van der Waals surface area contributed by atoms with E-state index >= 15 is 0 Å². The standard InChI is InChI=1S/C19H20N4O4/c1-12-7-8-15(9-13(12)2)22-18(25)19(26)23-21-10-14-5-3-4-6-16(14)27-11-17(20)24/h3-10H,11H2,1-2H3,(H2,20,24)(H,22,25)(H,23,26)/b21-10-. The number of hydrogen-bond donors (Lipinski definition) is 3. The van der Waals surface area contributed by atoms with Crippen LogP contribution in [0.25, 0.3) is 0 Å². The van der Waals surface area contributed by atoms with E-state index in [9.17, 15) is 14.4 Å². The number of anilines is 1. The molecule has 0 aliphatic rings. The van der Waals surface area contributed by atoms with Crippen LogP contribution >= 0.6 is 0 Å². The second kappa shape index (κ2) is 9.14. The van der Waals surface area contributed by atoms with Gasteiger partial charge in [0.25, 0.3) is 5.91 Å². The van der Waals surface area contributed by atoms with Crippen molar-refractivity contribution < 1.29 is 19.1 Å². The number of nitrogens with one attached hydrogen (secondary N) is 2. The monoisotopic (exact) mass is 368 g/mol. The molecule has 0 saturated carbocycles. The Morgan fingerprint density at radius 1 is 1.07 bits per heavy atom. The van der Waals surface area contributed by atoms with Gasteiger partial charge in [-0.05, 0) is 49.2 Å². The summed E-state index contributed by atoms with van der Waals surface area (Å²) in [5, 5.41) is 6.24. The van der Waals surface area contributed by atoms with E-state index in [1.165, 1.54) is 6.21 Å². The predicted octanol–water partition coefficient (Wildman–Crippen LogP) is 1.26. The average Bonchev–Trinajstić information content (AvgIpc) is 2.63. The molecule has 0 heterocycles. The van der Waals surface area contributed by atoms with Crippen molar-refractivity contribution in [3.8, 4) is 5.75 Å². The summed E-state index contributed by atoms with van der Waals surface area (Å²) in [6.07, 6.45) is 1.30. The van der Waals surface area contributed by atoms with E-state index in [2.05, 4.69) is 15.8 Å². The summed E-state index contributed by atoms with van der Waals surface area (Å²) >= 11 is 0. The van der Waals surface area contributed by atoms with Crippen LogP contribution in [0.5, 0.6) is 5.75 Å². The molecule has 2 rings (SSSR count). The fourth-order valence-electron chi connectivity index (χ4n) is 2.09. The molecule has 0 bridgehead atoms. The van der Waals surface area contributed by atoms with Crippen molar-refractivity contribution in [1.29, 1.82) is 0 Å². The van der Waals surface area contributed by atoms with E-state index in [0.717, 1.165) is 11.1 Å². The Kier molecular flexibility index (Phi) is 6.65. The predicted molar refractivity (Wildman–Crippen MR) is 101 cm³/mol. The molecule has 2 aromatic rings. The highest BCUT2D eigenvalue weighted by atomic mass is 16.5. The summed E-state index contributed by atoms with van der Waals surface area (Å²) in [5.41, 5.74) is 10.3. The first-order chi connectivity index (χ1) is 12.9. The zero-order valence-electron chi connectivity index (χ0n) is 15.0. The van der Waals surface area contributed by atoms with Gasteiger partial charge in [-0.1, -0.05) is 18.2 Å². The lowest BCUT2D eigenvalue weighted by atomic mass is 10.1. The van der Waals surface area contributed by atoms with Crippen LogP contribution in [-0.4, -0.2) is 30.5 Å². The summed E-state index contributed by atoms with van der Waals surface area (Å²) in [6, 6.07) is 12.1. The number of nitrogens with two attached hydrogens (primary N) is 1. The number of ether oxygens (including phenoxy) is 1. The Labute approximate surface area is 156 Å². The van der Waals surface area contributed by atoms with Crippen LogP contribution in [0, 0.1) is 13.8 Å². The lowest BCUT2D eigenvalue weighted by Crippen LogP contribution is -2.32. The van der Waals surface area contributed by atoms with Gasteiger partial charge in [0.1, 0.15) is 5.75 Å². The molecule has 8 nitrogen and oxygen atoms in total. The van der Waals surface area contributed by atoms with Crippen molar-refractivity contribution in [2.75, 3.05) is 11.9 Å².